The monoisotopic (exact) mass is 183 g/mol. The van der Waals surface area contributed by atoms with Gasteiger partial charge in [0.25, 0.3) is 5.79 Å². The van der Waals surface area contributed by atoms with Crippen molar-refractivity contribution in [3.05, 3.63) is 0 Å². The second kappa shape index (κ2) is 2.57. The lowest BCUT2D eigenvalue weighted by Crippen LogP contribution is -2.35. The summed E-state index contributed by atoms with van der Waals surface area (Å²) in [5.74, 6) is -1.51. The molecule has 0 saturated heterocycles. The van der Waals surface area contributed by atoms with Crippen LogP contribution in [0, 0.1) is 0 Å². The fourth-order valence-electron chi connectivity index (χ4n) is 0.705. The molecule has 0 bridgehead atoms. The molecule has 0 aliphatic carbocycles. The van der Waals surface area contributed by atoms with Crippen LogP contribution < -0.4 is 0 Å². The number of halogens is 2. The van der Waals surface area contributed by atoms with Crippen LogP contribution in [-0.4, -0.2) is 21.4 Å². The topological polar surface area (TPSA) is 41.8 Å². The first kappa shape index (κ1) is 8.11. The van der Waals surface area contributed by atoms with Gasteiger partial charge in [0, 0.05) is 0 Å². The maximum atomic E-state index is 9.34. The quantitative estimate of drug-likeness (QED) is 0.623. The summed E-state index contributed by atoms with van der Waals surface area (Å²) in [4.78, 5) is 3.63. The molecule has 0 amide bonds. The van der Waals surface area contributed by atoms with E-state index in [0.717, 1.165) is 0 Å². The number of hydrogen-bond donors (Lipinski definition) is 1. The van der Waals surface area contributed by atoms with E-state index in [4.69, 9.17) is 23.2 Å². The summed E-state index contributed by atoms with van der Waals surface area (Å²) < 4.78 is 0. The van der Waals surface area contributed by atoms with E-state index in [1.165, 1.54) is 0 Å². The van der Waals surface area contributed by atoms with E-state index in [2.05, 4.69) is 9.99 Å². The molecule has 5 heteroatoms. The molecule has 3 nitrogen and oxygen atoms in total. The number of aliphatic hydroxyl groups is 1. The molecule has 0 fully saturated rings. The fourth-order valence-corrected chi connectivity index (χ4v) is 0.939. The van der Waals surface area contributed by atoms with E-state index in [-0.39, 0.29) is 6.42 Å². The largest absolute Gasteiger partial charge is 0.357 e. The molecular formula is C5H7Cl2NO2. The average molecular weight is 184 g/mol. The Labute approximate surface area is 68.6 Å². The maximum absolute atomic E-state index is 9.34. The highest BCUT2D eigenvalue weighted by molar-refractivity contribution is 6.45. The number of alkyl halides is 2. The van der Waals surface area contributed by atoms with Gasteiger partial charge in [0.15, 0.2) is 4.84 Å². The van der Waals surface area contributed by atoms with Crippen LogP contribution >= 0.6 is 23.2 Å². The van der Waals surface area contributed by atoms with E-state index in [0.29, 0.717) is 5.71 Å². The summed E-state index contributed by atoms with van der Waals surface area (Å²) in [6.45, 7) is 1.73. The van der Waals surface area contributed by atoms with E-state index < -0.39 is 10.6 Å². The predicted molar refractivity (Wildman–Crippen MR) is 39.3 cm³/mol. The molecule has 0 aromatic heterocycles. The zero-order valence-electron chi connectivity index (χ0n) is 5.34. The van der Waals surface area contributed by atoms with Gasteiger partial charge in [-0.15, -0.1) is 0 Å². The van der Waals surface area contributed by atoms with Crippen molar-refractivity contribution in [3.8, 4) is 0 Å². The molecule has 1 aliphatic rings. The first-order valence-corrected chi connectivity index (χ1v) is 3.64. The Balaban J connectivity index is 2.61. The lowest BCUT2D eigenvalue weighted by molar-refractivity contribution is -0.174. The minimum atomic E-state index is -1.51. The van der Waals surface area contributed by atoms with Crippen LogP contribution in [0.3, 0.4) is 0 Å². The second-order valence-corrected chi connectivity index (χ2v) is 3.34. The smallest absolute Gasteiger partial charge is 0.270 e. The molecule has 0 aromatic rings. The van der Waals surface area contributed by atoms with Crippen molar-refractivity contribution in [1.82, 2.24) is 0 Å². The van der Waals surface area contributed by atoms with Crippen LogP contribution in [0.5, 0.6) is 0 Å². The van der Waals surface area contributed by atoms with Gasteiger partial charge in [-0.2, -0.15) is 0 Å². The third-order valence-electron chi connectivity index (χ3n) is 1.21. The minimum Gasteiger partial charge on any atom is -0.357 e. The summed E-state index contributed by atoms with van der Waals surface area (Å²) in [5, 5.41) is 12.8. The lowest BCUT2D eigenvalue weighted by Gasteiger charge is -2.19. The molecule has 1 N–H and O–H groups in total. The number of oxime groups is 1. The third kappa shape index (κ3) is 1.36. The molecule has 1 heterocycles. The van der Waals surface area contributed by atoms with Crippen molar-refractivity contribution >= 4 is 28.9 Å². The fraction of sp³-hybridized carbons (Fsp3) is 0.800. The Morgan fingerprint density at radius 3 is 2.60 bits per heavy atom. The molecular weight excluding hydrogens is 177 g/mol. The first-order valence-electron chi connectivity index (χ1n) is 2.77. The Kier molecular flexibility index (Phi) is 2.08. The van der Waals surface area contributed by atoms with Crippen molar-refractivity contribution in [2.75, 3.05) is 0 Å². The summed E-state index contributed by atoms with van der Waals surface area (Å²) in [5.41, 5.74) is 0.689. The molecule has 58 valence electrons. The molecule has 1 rings (SSSR count). The normalized spacial score (nSPS) is 32.3. The third-order valence-corrected chi connectivity index (χ3v) is 1.89. The van der Waals surface area contributed by atoms with Crippen molar-refractivity contribution < 1.29 is 9.94 Å². The lowest BCUT2D eigenvalue weighted by atomic mass is 10.2. The van der Waals surface area contributed by atoms with Gasteiger partial charge in [0.05, 0.1) is 12.1 Å². The SMILES string of the molecule is CC1=NOC(O)(C(Cl)Cl)C1. The molecule has 1 unspecified atom stereocenters. The molecule has 0 spiro atoms. The van der Waals surface area contributed by atoms with E-state index in [1.54, 1.807) is 6.92 Å². The highest BCUT2D eigenvalue weighted by Gasteiger charge is 2.41. The molecule has 0 radical (unpaired) electrons. The van der Waals surface area contributed by atoms with Crippen molar-refractivity contribution in [2.24, 2.45) is 5.16 Å². The van der Waals surface area contributed by atoms with Gasteiger partial charge in [0.1, 0.15) is 0 Å². The summed E-state index contributed by atoms with van der Waals surface area (Å²) in [6.07, 6.45) is 0.269. The van der Waals surface area contributed by atoms with E-state index in [9.17, 15) is 5.11 Å². The summed E-state index contributed by atoms with van der Waals surface area (Å²) >= 11 is 10.8. The summed E-state index contributed by atoms with van der Waals surface area (Å²) in [7, 11) is 0. The number of hydrogen-bond acceptors (Lipinski definition) is 3. The van der Waals surface area contributed by atoms with Crippen LogP contribution in [0.2, 0.25) is 0 Å². The predicted octanol–water partition coefficient (Wildman–Crippen LogP) is 1.27. The van der Waals surface area contributed by atoms with Gasteiger partial charge in [-0.1, -0.05) is 28.4 Å². The summed E-state index contributed by atoms with van der Waals surface area (Å²) in [6, 6.07) is 0. The molecule has 10 heavy (non-hydrogen) atoms. The van der Waals surface area contributed by atoms with Crippen LogP contribution in [0.15, 0.2) is 5.16 Å². The first-order chi connectivity index (χ1) is 4.54. The van der Waals surface area contributed by atoms with Crippen molar-refractivity contribution in [1.29, 1.82) is 0 Å². The van der Waals surface area contributed by atoms with Gasteiger partial charge in [-0.3, -0.25) is 0 Å². The molecule has 0 aromatic carbocycles. The molecule has 1 aliphatic heterocycles. The van der Waals surface area contributed by atoms with Crippen LogP contribution in [-0.2, 0) is 4.84 Å². The van der Waals surface area contributed by atoms with Gasteiger partial charge in [-0.25, -0.2) is 0 Å². The Morgan fingerprint density at radius 2 is 2.40 bits per heavy atom. The minimum absolute atomic E-state index is 0.269. The van der Waals surface area contributed by atoms with Gasteiger partial charge in [0.2, 0.25) is 0 Å². The zero-order valence-corrected chi connectivity index (χ0v) is 6.85. The number of rotatable bonds is 1. The Hall–Kier alpha value is 0.01000. The highest BCUT2D eigenvalue weighted by atomic mass is 35.5. The average Bonchev–Trinajstić information content (AvgIpc) is 2.13. The molecule has 1 atom stereocenters. The van der Waals surface area contributed by atoms with Crippen molar-refractivity contribution in [2.45, 2.75) is 24.0 Å². The van der Waals surface area contributed by atoms with Crippen LogP contribution in [0.1, 0.15) is 13.3 Å². The van der Waals surface area contributed by atoms with Crippen LogP contribution in [0.4, 0.5) is 0 Å². The van der Waals surface area contributed by atoms with E-state index >= 15 is 0 Å². The van der Waals surface area contributed by atoms with Gasteiger partial charge in [-0.05, 0) is 6.92 Å². The Morgan fingerprint density at radius 1 is 1.80 bits per heavy atom. The standard InChI is InChI=1S/C5H7Cl2NO2/c1-3-2-5(9,4(6)7)10-8-3/h4,9H,2H2,1H3. The van der Waals surface area contributed by atoms with Crippen molar-refractivity contribution in [3.63, 3.8) is 0 Å². The highest BCUT2D eigenvalue weighted by Crippen LogP contribution is 2.30. The Bertz CT molecular complexity index is 171. The number of nitrogens with zero attached hydrogens (tertiary/aromatic N) is 1. The van der Waals surface area contributed by atoms with Gasteiger partial charge < -0.3 is 9.94 Å². The maximum Gasteiger partial charge on any atom is 0.270 e. The zero-order chi connectivity index (χ0) is 7.78. The van der Waals surface area contributed by atoms with Gasteiger partial charge >= 0.3 is 0 Å². The van der Waals surface area contributed by atoms with Crippen LogP contribution in [0.25, 0.3) is 0 Å². The second-order valence-electron chi connectivity index (χ2n) is 2.24. The van der Waals surface area contributed by atoms with E-state index in [1.807, 2.05) is 0 Å². The molecule has 0 saturated carbocycles.